The third-order valence-electron chi connectivity index (χ3n) is 3.43. The second-order valence-electron chi connectivity index (χ2n) is 5.16. The molecule has 0 radical (unpaired) electrons. The van der Waals surface area contributed by atoms with E-state index in [2.05, 4.69) is 38.3 Å². The van der Waals surface area contributed by atoms with E-state index in [-0.39, 0.29) is 0 Å². The van der Waals surface area contributed by atoms with Gasteiger partial charge in [-0.15, -0.1) is 0 Å². The summed E-state index contributed by atoms with van der Waals surface area (Å²) in [5.41, 5.74) is 8.00. The van der Waals surface area contributed by atoms with E-state index in [1.54, 1.807) is 0 Å². The van der Waals surface area contributed by atoms with Gasteiger partial charge < -0.3 is 15.2 Å². The summed E-state index contributed by atoms with van der Waals surface area (Å²) < 4.78 is 2.17. The standard InChI is InChI=1S/C13H18N6/c1-9(2)11-5-12(17-13(14)16-11)18-3-4-19-8-15-6-10(19)7-18/h5-6,8-9H,3-4,7H2,1-2H3,(H2,14,16,17). The molecule has 3 heterocycles. The van der Waals surface area contributed by atoms with Gasteiger partial charge >= 0.3 is 0 Å². The summed E-state index contributed by atoms with van der Waals surface area (Å²) in [5.74, 6) is 1.60. The topological polar surface area (TPSA) is 72.9 Å². The minimum atomic E-state index is 0.347. The van der Waals surface area contributed by atoms with Gasteiger partial charge in [-0.05, 0) is 5.92 Å². The van der Waals surface area contributed by atoms with Gasteiger partial charge in [0.25, 0.3) is 0 Å². The van der Waals surface area contributed by atoms with Crippen LogP contribution in [0.4, 0.5) is 11.8 Å². The lowest BCUT2D eigenvalue weighted by Gasteiger charge is -2.29. The molecule has 0 aliphatic carbocycles. The molecule has 100 valence electrons. The van der Waals surface area contributed by atoms with E-state index in [4.69, 9.17) is 5.73 Å². The molecule has 2 aromatic heterocycles. The highest BCUT2D eigenvalue weighted by molar-refractivity contribution is 5.45. The number of fused-ring (bicyclic) bond motifs is 1. The number of imidazole rings is 1. The second kappa shape index (κ2) is 4.53. The van der Waals surface area contributed by atoms with Crippen LogP contribution >= 0.6 is 0 Å². The molecule has 0 unspecified atom stereocenters. The van der Waals surface area contributed by atoms with E-state index in [1.807, 2.05) is 18.6 Å². The van der Waals surface area contributed by atoms with Gasteiger partial charge in [0.05, 0.1) is 24.3 Å². The molecule has 0 amide bonds. The third kappa shape index (κ3) is 2.25. The van der Waals surface area contributed by atoms with Crippen molar-refractivity contribution in [1.29, 1.82) is 0 Å². The molecular formula is C13H18N6. The minimum Gasteiger partial charge on any atom is -0.368 e. The van der Waals surface area contributed by atoms with Gasteiger partial charge in [0.15, 0.2) is 0 Å². The van der Waals surface area contributed by atoms with E-state index >= 15 is 0 Å². The number of anilines is 2. The van der Waals surface area contributed by atoms with Crippen molar-refractivity contribution in [2.45, 2.75) is 32.9 Å². The average Bonchev–Trinajstić information content (AvgIpc) is 2.85. The maximum Gasteiger partial charge on any atom is 0.222 e. The van der Waals surface area contributed by atoms with Gasteiger partial charge in [-0.1, -0.05) is 13.8 Å². The number of aromatic nitrogens is 4. The summed E-state index contributed by atoms with van der Waals surface area (Å²) >= 11 is 0. The Morgan fingerprint density at radius 2 is 2.11 bits per heavy atom. The van der Waals surface area contributed by atoms with Gasteiger partial charge in [0.2, 0.25) is 5.95 Å². The largest absolute Gasteiger partial charge is 0.368 e. The molecule has 6 nitrogen and oxygen atoms in total. The van der Waals surface area contributed by atoms with Crippen LogP contribution in [-0.2, 0) is 13.1 Å². The monoisotopic (exact) mass is 258 g/mol. The van der Waals surface area contributed by atoms with Gasteiger partial charge in [-0.3, -0.25) is 0 Å². The molecule has 2 N–H and O–H groups in total. The predicted molar refractivity (Wildman–Crippen MR) is 73.8 cm³/mol. The van der Waals surface area contributed by atoms with Crippen molar-refractivity contribution in [3.63, 3.8) is 0 Å². The highest BCUT2D eigenvalue weighted by atomic mass is 15.3. The second-order valence-corrected chi connectivity index (χ2v) is 5.16. The van der Waals surface area contributed by atoms with Crippen LogP contribution in [0.2, 0.25) is 0 Å². The first-order chi connectivity index (χ1) is 9.13. The summed E-state index contributed by atoms with van der Waals surface area (Å²) in [6.45, 7) is 6.87. The van der Waals surface area contributed by atoms with Crippen LogP contribution in [0.15, 0.2) is 18.6 Å². The quantitative estimate of drug-likeness (QED) is 0.881. The average molecular weight is 258 g/mol. The lowest BCUT2D eigenvalue weighted by Crippen LogP contribution is -2.34. The lowest BCUT2D eigenvalue weighted by molar-refractivity contribution is 0.566. The Labute approximate surface area is 112 Å². The SMILES string of the molecule is CC(C)c1cc(N2CCn3cncc3C2)nc(N)n1. The number of hydrogen-bond acceptors (Lipinski definition) is 5. The van der Waals surface area contributed by atoms with Crippen molar-refractivity contribution in [2.24, 2.45) is 0 Å². The van der Waals surface area contributed by atoms with Crippen molar-refractivity contribution in [3.05, 3.63) is 30.0 Å². The van der Waals surface area contributed by atoms with Crippen LogP contribution < -0.4 is 10.6 Å². The van der Waals surface area contributed by atoms with E-state index in [9.17, 15) is 0 Å². The fourth-order valence-electron chi connectivity index (χ4n) is 2.31. The maximum atomic E-state index is 5.81. The molecule has 0 aromatic carbocycles. The molecule has 0 atom stereocenters. The normalized spacial score (nSPS) is 14.8. The number of nitrogen functional groups attached to an aromatic ring is 1. The van der Waals surface area contributed by atoms with Crippen molar-refractivity contribution in [2.75, 3.05) is 17.2 Å². The number of nitrogens with zero attached hydrogens (tertiary/aromatic N) is 5. The molecule has 3 rings (SSSR count). The van der Waals surface area contributed by atoms with Crippen LogP contribution in [0.5, 0.6) is 0 Å². The van der Waals surface area contributed by atoms with Gasteiger partial charge in [0.1, 0.15) is 5.82 Å². The summed E-state index contributed by atoms with van der Waals surface area (Å²) in [4.78, 5) is 15.0. The van der Waals surface area contributed by atoms with Gasteiger partial charge in [-0.2, -0.15) is 4.98 Å². The van der Waals surface area contributed by atoms with Crippen LogP contribution in [0.3, 0.4) is 0 Å². The highest BCUT2D eigenvalue weighted by Crippen LogP contribution is 2.23. The highest BCUT2D eigenvalue weighted by Gasteiger charge is 2.18. The molecule has 2 aromatic rings. The predicted octanol–water partition coefficient (Wildman–Crippen LogP) is 1.40. The Bertz CT molecular complexity index is 589. The van der Waals surface area contributed by atoms with Crippen LogP contribution in [-0.4, -0.2) is 26.1 Å². The zero-order valence-electron chi connectivity index (χ0n) is 11.2. The van der Waals surface area contributed by atoms with E-state index in [1.165, 1.54) is 5.69 Å². The summed E-state index contributed by atoms with van der Waals surface area (Å²) in [6.07, 6.45) is 3.78. The maximum absolute atomic E-state index is 5.81. The summed E-state index contributed by atoms with van der Waals surface area (Å²) in [6, 6.07) is 2.03. The minimum absolute atomic E-state index is 0.347. The first kappa shape index (κ1) is 12.0. The van der Waals surface area contributed by atoms with Crippen LogP contribution in [0.1, 0.15) is 31.2 Å². The molecule has 1 aliphatic heterocycles. The Kier molecular flexibility index (Phi) is 2.85. The third-order valence-corrected chi connectivity index (χ3v) is 3.43. The lowest BCUT2D eigenvalue weighted by atomic mass is 10.1. The first-order valence-corrected chi connectivity index (χ1v) is 6.52. The molecule has 19 heavy (non-hydrogen) atoms. The Hall–Kier alpha value is -2.11. The fraction of sp³-hybridized carbons (Fsp3) is 0.462. The zero-order chi connectivity index (χ0) is 13.4. The fourth-order valence-corrected chi connectivity index (χ4v) is 2.31. The van der Waals surface area contributed by atoms with Crippen LogP contribution in [0, 0.1) is 0 Å². The van der Waals surface area contributed by atoms with Crippen molar-refractivity contribution in [3.8, 4) is 0 Å². The Morgan fingerprint density at radius 1 is 1.26 bits per heavy atom. The molecule has 6 heteroatoms. The van der Waals surface area contributed by atoms with E-state index in [0.717, 1.165) is 31.1 Å². The molecule has 1 aliphatic rings. The summed E-state index contributed by atoms with van der Waals surface area (Å²) in [7, 11) is 0. The van der Waals surface area contributed by atoms with Crippen molar-refractivity contribution < 1.29 is 0 Å². The summed E-state index contributed by atoms with van der Waals surface area (Å²) in [5, 5.41) is 0. The number of hydrogen-bond donors (Lipinski definition) is 1. The van der Waals surface area contributed by atoms with Gasteiger partial charge in [-0.25, -0.2) is 9.97 Å². The molecule has 0 fully saturated rings. The number of rotatable bonds is 2. The first-order valence-electron chi connectivity index (χ1n) is 6.52. The Balaban J connectivity index is 1.91. The number of nitrogens with two attached hydrogens (primary N) is 1. The van der Waals surface area contributed by atoms with Crippen LogP contribution in [0.25, 0.3) is 0 Å². The molecule has 0 saturated carbocycles. The zero-order valence-corrected chi connectivity index (χ0v) is 11.2. The smallest absolute Gasteiger partial charge is 0.222 e. The molecule has 0 spiro atoms. The molecule has 0 saturated heterocycles. The van der Waals surface area contributed by atoms with E-state index in [0.29, 0.717) is 11.9 Å². The Morgan fingerprint density at radius 3 is 2.89 bits per heavy atom. The van der Waals surface area contributed by atoms with E-state index < -0.39 is 0 Å². The molecular weight excluding hydrogens is 240 g/mol. The van der Waals surface area contributed by atoms with Crippen molar-refractivity contribution in [1.82, 2.24) is 19.5 Å². The molecule has 0 bridgehead atoms. The van der Waals surface area contributed by atoms with Crippen molar-refractivity contribution >= 4 is 11.8 Å². The van der Waals surface area contributed by atoms with Gasteiger partial charge in [0, 0.05) is 25.4 Å².